The maximum Gasteiger partial charge on any atom is 0.138 e. The van der Waals surface area contributed by atoms with Crippen molar-refractivity contribution in [2.75, 3.05) is 0 Å². The summed E-state index contributed by atoms with van der Waals surface area (Å²) in [4.78, 5) is 4.37. The van der Waals surface area contributed by atoms with Crippen LogP contribution in [0.25, 0.3) is 0 Å². The number of hydrogen-bond donors (Lipinski definition) is 0. The molecule has 1 aromatic rings. The smallest absolute Gasteiger partial charge is 0.138 e. The fourth-order valence-corrected chi connectivity index (χ4v) is 1.45. The lowest BCUT2D eigenvalue weighted by atomic mass is 10.1. The predicted molar refractivity (Wildman–Crippen MR) is 63.3 cm³/mol. The highest BCUT2D eigenvalue weighted by atomic mass is 16.5. The summed E-state index contributed by atoms with van der Waals surface area (Å²) in [5, 5.41) is 0. The Morgan fingerprint density at radius 1 is 1.20 bits per heavy atom. The molecule has 0 N–H and O–H groups in total. The Kier molecular flexibility index (Phi) is 4.60. The summed E-state index contributed by atoms with van der Waals surface area (Å²) >= 11 is 0. The molecule has 0 aromatic carbocycles. The summed E-state index contributed by atoms with van der Waals surface area (Å²) in [5.74, 6) is 1.36. The molecule has 0 aliphatic carbocycles. The molecule has 15 heavy (non-hydrogen) atoms. The number of hydrogen-bond acceptors (Lipinski definition) is 2. The zero-order valence-corrected chi connectivity index (χ0v) is 10.2. The molecule has 0 amide bonds. The summed E-state index contributed by atoms with van der Waals surface area (Å²) in [6, 6.07) is 4.06. The Bertz CT molecular complexity index is 275. The highest BCUT2D eigenvalue weighted by Gasteiger charge is 2.06. The molecule has 1 heterocycles. The maximum absolute atomic E-state index is 5.79. The van der Waals surface area contributed by atoms with E-state index in [1.807, 2.05) is 18.3 Å². The lowest BCUT2D eigenvalue weighted by Gasteiger charge is -2.15. The van der Waals surface area contributed by atoms with Gasteiger partial charge in [0.2, 0.25) is 0 Å². The summed E-state index contributed by atoms with van der Waals surface area (Å²) in [7, 11) is 0. The molecule has 1 aromatic heterocycles. The number of pyridine rings is 1. The molecule has 2 nitrogen and oxygen atoms in total. The van der Waals surface area contributed by atoms with Crippen LogP contribution in [0.3, 0.4) is 0 Å². The van der Waals surface area contributed by atoms with Gasteiger partial charge in [0.05, 0.1) is 12.3 Å². The molecule has 0 aliphatic heterocycles. The SMILES string of the molecule is CCC(CC)Oc1ccc(C(C)C)nc1. The van der Waals surface area contributed by atoms with Crippen LogP contribution in [0.15, 0.2) is 18.3 Å². The average molecular weight is 207 g/mol. The van der Waals surface area contributed by atoms with E-state index < -0.39 is 0 Å². The van der Waals surface area contributed by atoms with Gasteiger partial charge in [0.15, 0.2) is 0 Å². The third-order valence-electron chi connectivity index (χ3n) is 2.56. The zero-order chi connectivity index (χ0) is 11.3. The lowest BCUT2D eigenvalue weighted by molar-refractivity contribution is 0.192. The first-order chi connectivity index (χ1) is 7.17. The van der Waals surface area contributed by atoms with Gasteiger partial charge < -0.3 is 4.74 Å². The summed E-state index contributed by atoms with van der Waals surface area (Å²) in [6.45, 7) is 8.57. The highest BCUT2D eigenvalue weighted by Crippen LogP contribution is 2.17. The monoisotopic (exact) mass is 207 g/mol. The third kappa shape index (κ3) is 3.54. The van der Waals surface area contributed by atoms with Crippen molar-refractivity contribution in [1.82, 2.24) is 4.98 Å². The van der Waals surface area contributed by atoms with Crippen molar-refractivity contribution in [3.8, 4) is 5.75 Å². The van der Waals surface area contributed by atoms with E-state index in [4.69, 9.17) is 4.74 Å². The van der Waals surface area contributed by atoms with E-state index in [1.165, 1.54) is 0 Å². The van der Waals surface area contributed by atoms with Gasteiger partial charge in [0.25, 0.3) is 0 Å². The molecular weight excluding hydrogens is 186 g/mol. The fraction of sp³-hybridized carbons (Fsp3) is 0.615. The first kappa shape index (κ1) is 12.0. The predicted octanol–water partition coefficient (Wildman–Crippen LogP) is 3.77. The topological polar surface area (TPSA) is 22.1 Å². The van der Waals surface area contributed by atoms with Crippen LogP contribution in [0.5, 0.6) is 5.75 Å². The van der Waals surface area contributed by atoms with Crippen molar-refractivity contribution in [3.05, 3.63) is 24.0 Å². The summed E-state index contributed by atoms with van der Waals surface area (Å²) in [5.41, 5.74) is 1.12. The second-order valence-corrected chi connectivity index (χ2v) is 4.13. The zero-order valence-electron chi connectivity index (χ0n) is 10.2. The van der Waals surface area contributed by atoms with E-state index in [2.05, 4.69) is 32.7 Å². The van der Waals surface area contributed by atoms with Gasteiger partial charge in [0.1, 0.15) is 5.75 Å². The quantitative estimate of drug-likeness (QED) is 0.733. The van der Waals surface area contributed by atoms with Crippen LogP contribution >= 0.6 is 0 Å². The minimum atomic E-state index is 0.316. The summed E-state index contributed by atoms with van der Waals surface area (Å²) < 4.78 is 5.79. The van der Waals surface area contributed by atoms with E-state index in [9.17, 15) is 0 Å². The molecule has 0 aliphatic rings. The van der Waals surface area contributed by atoms with Crippen LogP contribution in [0.4, 0.5) is 0 Å². The van der Waals surface area contributed by atoms with Crippen LogP contribution < -0.4 is 4.74 Å². The van der Waals surface area contributed by atoms with Crippen molar-refractivity contribution in [1.29, 1.82) is 0 Å². The van der Waals surface area contributed by atoms with E-state index >= 15 is 0 Å². The molecule has 0 saturated heterocycles. The van der Waals surface area contributed by atoms with E-state index in [0.717, 1.165) is 24.3 Å². The number of rotatable bonds is 5. The molecular formula is C13H21NO. The molecule has 2 heteroatoms. The van der Waals surface area contributed by atoms with Gasteiger partial charge >= 0.3 is 0 Å². The van der Waals surface area contributed by atoms with Crippen molar-refractivity contribution in [2.24, 2.45) is 0 Å². The normalized spacial score (nSPS) is 11.1. The number of nitrogens with zero attached hydrogens (tertiary/aromatic N) is 1. The minimum absolute atomic E-state index is 0.316. The molecule has 0 bridgehead atoms. The third-order valence-corrected chi connectivity index (χ3v) is 2.56. The van der Waals surface area contributed by atoms with Crippen molar-refractivity contribution in [3.63, 3.8) is 0 Å². The molecule has 84 valence electrons. The number of aromatic nitrogens is 1. The van der Waals surface area contributed by atoms with Gasteiger partial charge in [-0.2, -0.15) is 0 Å². The van der Waals surface area contributed by atoms with Crippen LogP contribution in [0, 0.1) is 0 Å². The molecule has 0 unspecified atom stereocenters. The lowest BCUT2D eigenvalue weighted by Crippen LogP contribution is -2.13. The van der Waals surface area contributed by atoms with Crippen molar-refractivity contribution < 1.29 is 4.74 Å². The molecule has 0 fully saturated rings. The Balaban J connectivity index is 2.63. The largest absolute Gasteiger partial charge is 0.489 e. The van der Waals surface area contributed by atoms with Crippen molar-refractivity contribution >= 4 is 0 Å². The maximum atomic E-state index is 5.79. The first-order valence-electron chi connectivity index (χ1n) is 5.80. The fourth-order valence-electron chi connectivity index (χ4n) is 1.45. The first-order valence-corrected chi connectivity index (χ1v) is 5.80. The Morgan fingerprint density at radius 3 is 2.27 bits per heavy atom. The van der Waals surface area contributed by atoms with Gasteiger partial charge in [-0.15, -0.1) is 0 Å². The second-order valence-electron chi connectivity index (χ2n) is 4.13. The van der Waals surface area contributed by atoms with Gasteiger partial charge in [-0.3, -0.25) is 4.98 Å². The Hall–Kier alpha value is -1.05. The molecule has 0 atom stereocenters. The highest BCUT2D eigenvalue weighted by molar-refractivity contribution is 5.21. The molecule has 0 radical (unpaired) electrons. The van der Waals surface area contributed by atoms with Gasteiger partial charge in [0, 0.05) is 5.69 Å². The van der Waals surface area contributed by atoms with Crippen LogP contribution in [-0.2, 0) is 0 Å². The van der Waals surface area contributed by atoms with E-state index in [1.54, 1.807) is 0 Å². The van der Waals surface area contributed by atoms with Crippen LogP contribution in [0.1, 0.15) is 52.1 Å². The second kappa shape index (κ2) is 5.74. The average Bonchev–Trinajstić information content (AvgIpc) is 2.26. The molecule has 1 rings (SSSR count). The van der Waals surface area contributed by atoms with E-state index in [0.29, 0.717) is 12.0 Å². The molecule has 0 spiro atoms. The Morgan fingerprint density at radius 2 is 1.87 bits per heavy atom. The van der Waals surface area contributed by atoms with Gasteiger partial charge in [-0.1, -0.05) is 27.7 Å². The van der Waals surface area contributed by atoms with Crippen LogP contribution in [0.2, 0.25) is 0 Å². The van der Waals surface area contributed by atoms with Gasteiger partial charge in [-0.25, -0.2) is 0 Å². The molecule has 0 saturated carbocycles. The van der Waals surface area contributed by atoms with Gasteiger partial charge in [-0.05, 0) is 30.9 Å². The van der Waals surface area contributed by atoms with Crippen LogP contribution in [-0.4, -0.2) is 11.1 Å². The van der Waals surface area contributed by atoms with Crippen molar-refractivity contribution in [2.45, 2.75) is 52.6 Å². The number of ether oxygens (including phenoxy) is 1. The van der Waals surface area contributed by atoms with E-state index in [-0.39, 0.29) is 0 Å². The standard InChI is InChI=1S/C13H21NO/c1-5-11(6-2)15-12-7-8-13(10(3)4)14-9-12/h7-11H,5-6H2,1-4H3. The minimum Gasteiger partial charge on any atom is -0.489 e. The Labute approximate surface area is 92.7 Å². The summed E-state index contributed by atoms with van der Waals surface area (Å²) in [6.07, 6.45) is 4.23.